The monoisotopic (exact) mass is 284 g/mol. The van der Waals surface area contributed by atoms with Crippen molar-refractivity contribution in [3.8, 4) is 0 Å². The van der Waals surface area contributed by atoms with Gasteiger partial charge in [-0.15, -0.1) is 11.6 Å². The maximum atomic E-state index is 12.5. The molecule has 2 saturated carbocycles. The fraction of sp³-hybridized carbons (Fsp3) is 0.867. The van der Waals surface area contributed by atoms with E-state index in [1.165, 1.54) is 0 Å². The summed E-state index contributed by atoms with van der Waals surface area (Å²) in [6.45, 7) is 6.16. The number of halogens is 1. The normalized spacial score (nSPS) is 48.4. The van der Waals surface area contributed by atoms with Crippen LogP contribution >= 0.6 is 11.6 Å². The van der Waals surface area contributed by atoms with Crippen molar-refractivity contribution in [2.45, 2.75) is 63.9 Å². The Kier molecular flexibility index (Phi) is 2.65. The van der Waals surface area contributed by atoms with Crippen molar-refractivity contribution in [2.24, 2.45) is 16.7 Å². The van der Waals surface area contributed by atoms with E-state index < -0.39 is 5.60 Å². The van der Waals surface area contributed by atoms with Gasteiger partial charge >= 0.3 is 5.97 Å². The first-order valence-electron chi connectivity index (χ1n) is 7.09. The van der Waals surface area contributed by atoms with Crippen LogP contribution in [0, 0.1) is 16.7 Å². The summed E-state index contributed by atoms with van der Waals surface area (Å²) < 4.78 is 5.68. The Morgan fingerprint density at radius 3 is 2.53 bits per heavy atom. The van der Waals surface area contributed by atoms with Crippen LogP contribution < -0.4 is 0 Å². The molecule has 0 radical (unpaired) electrons. The number of carbonyl (C=O) groups is 2. The lowest BCUT2D eigenvalue weighted by Crippen LogP contribution is -2.54. The van der Waals surface area contributed by atoms with Gasteiger partial charge in [0.25, 0.3) is 0 Å². The van der Waals surface area contributed by atoms with Crippen LogP contribution in [0.15, 0.2) is 0 Å². The molecule has 106 valence electrons. The van der Waals surface area contributed by atoms with Crippen LogP contribution in [0.5, 0.6) is 0 Å². The van der Waals surface area contributed by atoms with Crippen LogP contribution in [0.2, 0.25) is 0 Å². The molecule has 2 saturated heterocycles. The van der Waals surface area contributed by atoms with Crippen LogP contribution in [0.3, 0.4) is 0 Å². The Morgan fingerprint density at radius 1 is 1.21 bits per heavy atom. The first kappa shape index (κ1) is 13.4. The standard InChI is InChI=1S/C15H21ClO3/c1-13(2)7-9(17)6-10-12(18)19-14(3)4-5-15(10,13)8-11(14)16/h10-11H,4-8H2,1-3H3/t10-,11-,14-,15-/m1/s1. The zero-order valence-electron chi connectivity index (χ0n) is 11.8. The van der Waals surface area contributed by atoms with Crippen LogP contribution in [0.4, 0.5) is 0 Å². The van der Waals surface area contributed by atoms with Crippen molar-refractivity contribution in [3.05, 3.63) is 0 Å². The smallest absolute Gasteiger partial charge is 0.310 e. The number of Topliss-reactive ketones (excluding diaryl/α,β-unsaturated/α-hetero) is 1. The average Bonchev–Trinajstić information content (AvgIpc) is 2.42. The van der Waals surface area contributed by atoms with Gasteiger partial charge in [0, 0.05) is 12.8 Å². The SMILES string of the molecule is CC1(C)CC(=O)C[C@@H]2C(=O)O[C@]3(C)CC[C@@]21C[C@H]3Cl. The molecule has 2 aliphatic carbocycles. The maximum Gasteiger partial charge on any atom is 0.310 e. The number of rotatable bonds is 0. The lowest BCUT2D eigenvalue weighted by Gasteiger charge is -2.55. The molecular weight excluding hydrogens is 264 g/mol. The summed E-state index contributed by atoms with van der Waals surface area (Å²) in [5, 5.41) is -0.150. The van der Waals surface area contributed by atoms with E-state index in [2.05, 4.69) is 13.8 Å². The minimum atomic E-state index is -0.555. The summed E-state index contributed by atoms with van der Waals surface area (Å²) >= 11 is 6.54. The van der Waals surface area contributed by atoms with Gasteiger partial charge in [0.05, 0.1) is 11.3 Å². The lowest BCUT2D eigenvalue weighted by molar-refractivity contribution is -0.165. The second kappa shape index (κ2) is 3.75. The van der Waals surface area contributed by atoms with E-state index in [4.69, 9.17) is 16.3 Å². The van der Waals surface area contributed by atoms with Gasteiger partial charge in [-0.25, -0.2) is 0 Å². The zero-order chi connectivity index (χ0) is 14.1. The molecule has 2 bridgehead atoms. The van der Waals surface area contributed by atoms with E-state index in [1.54, 1.807) is 0 Å². The third kappa shape index (κ3) is 1.63. The number of esters is 1. The molecule has 4 atom stereocenters. The Balaban J connectivity index is 2.13. The molecule has 0 amide bonds. The summed E-state index contributed by atoms with van der Waals surface area (Å²) in [4.78, 5) is 24.4. The molecule has 3 nitrogen and oxygen atoms in total. The average molecular weight is 285 g/mol. The second-order valence-corrected chi connectivity index (χ2v) is 7.94. The predicted octanol–water partition coefficient (Wildman–Crippen LogP) is 3.08. The molecule has 2 aliphatic heterocycles. The molecule has 1 spiro atoms. The number of ketones is 1. The van der Waals surface area contributed by atoms with E-state index in [0.29, 0.717) is 12.8 Å². The van der Waals surface area contributed by atoms with Gasteiger partial charge in [-0.3, -0.25) is 9.59 Å². The molecule has 2 heterocycles. The van der Waals surface area contributed by atoms with Crippen LogP contribution in [0.25, 0.3) is 0 Å². The highest BCUT2D eigenvalue weighted by molar-refractivity contribution is 6.21. The summed E-state index contributed by atoms with van der Waals surface area (Å²) in [6.07, 6.45) is 3.41. The molecule has 19 heavy (non-hydrogen) atoms. The van der Waals surface area contributed by atoms with Gasteiger partial charge in [-0.1, -0.05) is 13.8 Å². The predicted molar refractivity (Wildman–Crippen MR) is 71.9 cm³/mol. The molecular formula is C15H21ClO3. The topological polar surface area (TPSA) is 43.4 Å². The highest BCUT2D eigenvalue weighted by atomic mass is 35.5. The van der Waals surface area contributed by atoms with Crippen molar-refractivity contribution in [3.63, 3.8) is 0 Å². The fourth-order valence-electron chi connectivity index (χ4n) is 4.56. The molecule has 4 fully saturated rings. The number of alkyl halides is 1. The molecule has 0 unspecified atom stereocenters. The zero-order valence-corrected chi connectivity index (χ0v) is 12.5. The van der Waals surface area contributed by atoms with Crippen molar-refractivity contribution < 1.29 is 14.3 Å². The van der Waals surface area contributed by atoms with E-state index in [-0.39, 0.29) is 33.9 Å². The van der Waals surface area contributed by atoms with Crippen LogP contribution in [0.1, 0.15) is 52.9 Å². The van der Waals surface area contributed by atoms with Gasteiger partial charge < -0.3 is 4.74 Å². The molecule has 0 aromatic heterocycles. The highest BCUT2D eigenvalue weighted by Crippen LogP contribution is 2.64. The largest absolute Gasteiger partial charge is 0.458 e. The second-order valence-electron chi connectivity index (χ2n) is 7.42. The van der Waals surface area contributed by atoms with E-state index >= 15 is 0 Å². The first-order valence-corrected chi connectivity index (χ1v) is 7.52. The number of ether oxygens (including phenoxy) is 1. The third-order valence-corrected chi connectivity index (χ3v) is 6.59. The molecule has 0 aromatic carbocycles. The van der Waals surface area contributed by atoms with Gasteiger partial charge in [-0.05, 0) is 37.0 Å². The quantitative estimate of drug-likeness (QED) is 0.507. The maximum absolute atomic E-state index is 12.5. The van der Waals surface area contributed by atoms with Crippen LogP contribution in [-0.4, -0.2) is 22.7 Å². The third-order valence-electron chi connectivity index (χ3n) is 5.98. The van der Waals surface area contributed by atoms with Crippen molar-refractivity contribution >= 4 is 23.4 Å². The summed E-state index contributed by atoms with van der Waals surface area (Å²) in [5.41, 5.74) is -0.897. The first-order chi connectivity index (χ1) is 8.70. The van der Waals surface area contributed by atoms with Crippen molar-refractivity contribution in [1.82, 2.24) is 0 Å². The molecule has 4 heteroatoms. The van der Waals surface area contributed by atoms with E-state index in [0.717, 1.165) is 19.3 Å². The van der Waals surface area contributed by atoms with Crippen molar-refractivity contribution in [1.29, 1.82) is 0 Å². The van der Waals surface area contributed by atoms with E-state index in [1.807, 2.05) is 6.92 Å². The van der Waals surface area contributed by atoms with Gasteiger partial charge in [0.2, 0.25) is 0 Å². The van der Waals surface area contributed by atoms with Crippen molar-refractivity contribution in [2.75, 3.05) is 0 Å². The number of hydrogen-bond donors (Lipinski definition) is 0. The Hall–Kier alpha value is -0.570. The summed E-state index contributed by atoms with van der Waals surface area (Å²) in [7, 11) is 0. The molecule has 4 aliphatic rings. The van der Waals surface area contributed by atoms with Gasteiger partial charge in [0.1, 0.15) is 11.4 Å². The van der Waals surface area contributed by atoms with E-state index in [9.17, 15) is 9.59 Å². The van der Waals surface area contributed by atoms with Crippen LogP contribution in [-0.2, 0) is 14.3 Å². The molecule has 0 aromatic rings. The minimum absolute atomic E-state index is 0.150. The minimum Gasteiger partial charge on any atom is -0.458 e. The fourth-order valence-corrected chi connectivity index (χ4v) is 4.99. The summed E-state index contributed by atoms with van der Waals surface area (Å²) in [5.74, 6) is -0.321. The lowest BCUT2D eigenvalue weighted by atomic mass is 9.47. The molecule has 0 N–H and O–H groups in total. The highest BCUT2D eigenvalue weighted by Gasteiger charge is 2.65. The Morgan fingerprint density at radius 2 is 1.89 bits per heavy atom. The van der Waals surface area contributed by atoms with Gasteiger partial charge in [-0.2, -0.15) is 0 Å². The Labute approximate surface area is 119 Å². The Bertz CT molecular complexity index is 458. The number of carbonyl (C=O) groups excluding carboxylic acids is 2. The van der Waals surface area contributed by atoms with Gasteiger partial charge in [0.15, 0.2) is 0 Å². The summed E-state index contributed by atoms with van der Waals surface area (Å²) in [6, 6.07) is 0. The molecule has 4 rings (SSSR count). The number of fused-ring (bicyclic) bond motifs is 3. The number of hydrogen-bond acceptors (Lipinski definition) is 3.